The highest BCUT2D eigenvalue weighted by Crippen LogP contribution is 2.03. The molecule has 0 fully saturated rings. The number of hydrogen-bond acceptors (Lipinski definition) is 1. The molecule has 1 N–H and O–H groups in total. The lowest BCUT2D eigenvalue weighted by Gasteiger charge is -2.17. The molecule has 60 valence electrons. The molecule has 0 rings (SSSR count). The molecule has 3 heteroatoms. The number of halogens is 1. The first kappa shape index (κ1) is 9.76. The monoisotopic (exact) mass is 163 g/mol. The van der Waals surface area contributed by atoms with Crippen molar-refractivity contribution >= 4 is 17.5 Å². The number of carbonyl (C=O) groups excluding carboxylic acids is 1. The van der Waals surface area contributed by atoms with Crippen LogP contribution in [0.5, 0.6) is 0 Å². The van der Waals surface area contributed by atoms with E-state index in [2.05, 4.69) is 5.32 Å². The van der Waals surface area contributed by atoms with Crippen LogP contribution < -0.4 is 5.32 Å². The maximum absolute atomic E-state index is 10.5. The van der Waals surface area contributed by atoms with Crippen molar-refractivity contribution in [2.75, 3.05) is 5.88 Å². The third-order valence-electron chi connectivity index (χ3n) is 1.53. The first-order valence-electron chi connectivity index (χ1n) is 3.41. The molecular formula is C7H14ClNO. The van der Waals surface area contributed by atoms with Crippen LogP contribution in [0.1, 0.15) is 20.8 Å². The van der Waals surface area contributed by atoms with Gasteiger partial charge >= 0.3 is 0 Å². The molecule has 10 heavy (non-hydrogen) atoms. The quantitative estimate of drug-likeness (QED) is 0.626. The largest absolute Gasteiger partial charge is 0.354 e. The van der Waals surface area contributed by atoms with Crippen molar-refractivity contribution < 1.29 is 4.79 Å². The predicted octanol–water partition coefficient (Wildman–Crippen LogP) is 1.39. The molecule has 0 aromatic rings. The van der Waals surface area contributed by atoms with E-state index in [1.54, 1.807) is 0 Å². The van der Waals surface area contributed by atoms with Crippen LogP contribution in [0.15, 0.2) is 0 Å². The number of alkyl halides is 1. The normalized spacial score (nSPS) is 16.0. The van der Waals surface area contributed by atoms with E-state index in [1.165, 1.54) is 6.92 Å². The number of nitrogens with one attached hydrogen (secondary N) is 1. The summed E-state index contributed by atoms with van der Waals surface area (Å²) >= 11 is 5.58. The molecule has 0 aliphatic heterocycles. The highest BCUT2D eigenvalue weighted by Gasteiger charge is 2.10. The van der Waals surface area contributed by atoms with Gasteiger partial charge in [0.2, 0.25) is 5.91 Å². The molecule has 2 atom stereocenters. The highest BCUT2D eigenvalue weighted by atomic mass is 35.5. The minimum Gasteiger partial charge on any atom is -0.354 e. The van der Waals surface area contributed by atoms with Crippen LogP contribution in [0.2, 0.25) is 0 Å². The van der Waals surface area contributed by atoms with Gasteiger partial charge in [-0.1, -0.05) is 6.92 Å². The summed E-state index contributed by atoms with van der Waals surface area (Å²) in [6.07, 6.45) is 0. The van der Waals surface area contributed by atoms with Gasteiger partial charge in [0.1, 0.15) is 0 Å². The van der Waals surface area contributed by atoms with Gasteiger partial charge in [0.15, 0.2) is 0 Å². The Kier molecular flexibility index (Phi) is 4.45. The summed E-state index contributed by atoms with van der Waals surface area (Å²) in [4.78, 5) is 10.5. The third-order valence-corrected chi connectivity index (χ3v) is 2.01. The minimum atomic E-state index is 0.00414. The molecule has 0 aromatic heterocycles. The zero-order valence-electron chi connectivity index (χ0n) is 6.65. The van der Waals surface area contributed by atoms with Crippen molar-refractivity contribution in [3.63, 3.8) is 0 Å². The van der Waals surface area contributed by atoms with Gasteiger partial charge in [-0.25, -0.2) is 0 Å². The second-order valence-corrected chi connectivity index (χ2v) is 2.93. The molecule has 0 aliphatic carbocycles. The average molecular weight is 164 g/mol. The van der Waals surface area contributed by atoms with Gasteiger partial charge in [-0.3, -0.25) is 4.79 Å². The van der Waals surface area contributed by atoms with E-state index in [0.29, 0.717) is 11.8 Å². The van der Waals surface area contributed by atoms with E-state index in [-0.39, 0.29) is 11.9 Å². The summed E-state index contributed by atoms with van der Waals surface area (Å²) in [5.41, 5.74) is 0. The lowest BCUT2D eigenvalue weighted by Crippen LogP contribution is -2.36. The smallest absolute Gasteiger partial charge is 0.217 e. The molecule has 0 saturated heterocycles. The number of rotatable bonds is 3. The molecular weight excluding hydrogens is 150 g/mol. The lowest BCUT2D eigenvalue weighted by molar-refractivity contribution is -0.119. The van der Waals surface area contributed by atoms with Gasteiger partial charge in [-0.15, -0.1) is 11.6 Å². The average Bonchev–Trinajstić information content (AvgIpc) is 1.85. The minimum absolute atomic E-state index is 0.00414. The second kappa shape index (κ2) is 4.56. The summed E-state index contributed by atoms with van der Waals surface area (Å²) in [7, 11) is 0. The van der Waals surface area contributed by atoms with E-state index >= 15 is 0 Å². The van der Waals surface area contributed by atoms with E-state index in [4.69, 9.17) is 11.6 Å². The van der Waals surface area contributed by atoms with Crippen molar-refractivity contribution in [2.24, 2.45) is 5.92 Å². The van der Waals surface area contributed by atoms with Crippen LogP contribution in [0.4, 0.5) is 0 Å². The molecule has 0 spiro atoms. The Labute approximate surface area is 66.9 Å². The lowest BCUT2D eigenvalue weighted by atomic mass is 10.1. The molecule has 0 aromatic carbocycles. The van der Waals surface area contributed by atoms with Crippen LogP contribution in [-0.2, 0) is 4.79 Å². The van der Waals surface area contributed by atoms with Crippen LogP contribution in [-0.4, -0.2) is 17.8 Å². The first-order chi connectivity index (χ1) is 4.57. The highest BCUT2D eigenvalue weighted by molar-refractivity contribution is 6.18. The molecule has 0 heterocycles. The zero-order valence-corrected chi connectivity index (χ0v) is 7.40. The second-order valence-electron chi connectivity index (χ2n) is 2.62. The van der Waals surface area contributed by atoms with Crippen molar-refractivity contribution in [3.05, 3.63) is 0 Å². The molecule has 0 radical (unpaired) electrons. The van der Waals surface area contributed by atoms with Crippen molar-refractivity contribution in [1.29, 1.82) is 0 Å². The van der Waals surface area contributed by atoms with Gasteiger partial charge in [0.25, 0.3) is 0 Å². The van der Waals surface area contributed by atoms with E-state index in [9.17, 15) is 4.79 Å². The summed E-state index contributed by atoms with van der Waals surface area (Å²) in [6.45, 7) is 5.47. The molecule has 0 bridgehead atoms. The van der Waals surface area contributed by atoms with Gasteiger partial charge in [0, 0.05) is 18.8 Å². The maximum Gasteiger partial charge on any atom is 0.217 e. The molecule has 0 saturated carbocycles. The van der Waals surface area contributed by atoms with E-state index in [0.717, 1.165) is 0 Å². The van der Waals surface area contributed by atoms with Crippen molar-refractivity contribution in [2.45, 2.75) is 26.8 Å². The topological polar surface area (TPSA) is 29.1 Å². The first-order valence-corrected chi connectivity index (χ1v) is 3.94. The summed E-state index contributed by atoms with van der Waals surface area (Å²) in [5.74, 6) is 0.927. The number of hydrogen-bond donors (Lipinski definition) is 1. The van der Waals surface area contributed by atoms with Crippen LogP contribution in [0.25, 0.3) is 0 Å². The van der Waals surface area contributed by atoms with Crippen molar-refractivity contribution in [3.8, 4) is 0 Å². The van der Waals surface area contributed by atoms with Crippen molar-refractivity contribution in [1.82, 2.24) is 5.32 Å². The van der Waals surface area contributed by atoms with E-state index in [1.807, 2.05) is 13.8 Å². The standard InChI is InChI=1S/C7H14ClNO/c1-5(4-8)6(2)9-7(3)10/h5-6H,4H2,1-3H3,(H,9,10). The molecule has 1 amide bonds. The summed E-state index contributed by atoms with van der Waals surface area (Å²) in [5, 5.41) is 2.77. The Morgan fingerprint density at radius 3 is 2.40 bits per heavy atom. The molecule has 2 nitrogen and oxygen atoms in total. The SMILES string of the molecule is CC(=O)NC(C)C(C)CCl. The predicted molar refractivity (Wildman–Crippen MR) is 43.2 cm³/mol. The number of amides is 1. The van der Waals surface area contributed by atoms with Crippen LogP contribution in [0, 0.1) is 5.92 Å². The van der Waals surface area contributed by atoms with Crippen LogP contribution in [0.3, 0.4) is 0 Å². The van der Waals surface area contributed by atoms with Crippen LogP contribution >= 0.6 is 11.6 Å². The molecule has 0 aliphatic rings. The summed E-state index contributed by atoms with van der Waals surface area (Å²) in [6, 6.07) is 0.176. The third kappa shape index (κ3) is 3.72. The Bertz CT molecular complexity index is 116. The fourth-order valence-corrected chi connectivity index (χ4v) is 0.864. The number of carbonyl (C=O) groups is 1. The van der Waals surface area contributed by atoms with Gasteiger partial charge in [0.05, 0.1) is 0 Å². The maximum atomic E-state index is 10.5. The molecule has 2 unspecified atom stereocenters. The zero-order chi connectivity index (χ0) is 8.15. The fourth-order valence-electron chi connectivity index (χ4n) is 0.597. The van der Waals surface area contributed by atoms with E-state index < -0.39 is 0 Å². The fraction of sp³-hybridized carbons (Fsp3) is 0.857. The Hall–Kier alpha value is -0.240. The van der Waals surface area contributed by atoms with Gasteiger partial charge in [-0.05, 0) is 12.8 Å². The van der Waals surface area contributed by atoms with Gasteiger partial charge in [-0.2, -0.15) is 0 Å². The Balaban J connectivity index is 3.61. The Morgan fingerprint density at radius 1 is 1.60 bits per heavy atom. The Morgan fingerprint density at radius 2 is 2.10 bits per heavy atom. The van der Waals surface area contributed by atoms with Gasteiger partial charge < -0.3 is 5.32 Å². The summed E-state index contributed by atoms with van der Waals surface area (Å²) < 4.78 is 0.